The molecule has 1 N–H and O–H groups in total. The van der Waals surface area contributed by atoms with Crippen molar-refractivity contribution in [2.75, 3.05) is 11.9 Å². The molecule has 1 aromatic heterocycles. The third-order valence-corrected chi connectivity index (χ3v) is 5.99. The molecule has 3 aromatic carbocycles. The molecule has 4 aromatic rings. The van der Waals surface area contributed by atoms with Gasteiger partial charge in [0.1, 0.15) is 11.6 Å². The molecule has 5 nitrogen and oxygen atoms in total. The largest absolute Gasteiger partial charge is 0.485 e. The van der Waals surface area contributed by atoms with E-state index in [0.29, 0.717) is 22.2 Å². The van der Waals surface area contributed by atoms with Gasteiger partial charge in [0.05, 0.1) is 5.69 Å². The van der Waals surface area contributed by atoms with Crippen LogP contribution in [0.4, 0.5) is 5.69 Å². The van der Waals surface area contributed by atoms with Gasteiger partial charge in [-0.25, -0.2) is 4.98 Å². The molecule has 0 saturated carbocycles. The van der Waals surface area contributed by atoms with Gasteiger partial charge in [-0.3, -0.25) is 4.79 Å². The van der Waals surface area contributed by atoms with Crippen molar-refractivity contribution in [3.8, 4) is 33.3 Å². The Bertz CT molecular complexity index is 1220. The topological polar surface area (TPSA) is 60.5 Å². The van der Waals surface area contributed by atoms with Gasteiger partial charge in [0.15, 0.2) is 11.5 Å². The van der Waals surface area contributed by atoms with Gasteiger partial charge in [-0.2, -0.15) is 0 Å². The summed E-state index contributed by atoms with van der Waals surface area (Å²) in [5, 5.41) is 6.53. The van der Waals surface area contributed by atoms with E-state index < -0.39 is 6.10 Å². The summed E-state index contributed by atoms with van der Waals surface area (Å²) in [6.07, 6.45) is -0.699. The van der Waals surface area contributed by atoms with Crippen LogP contribution in [-0.4, -0.2) is 23.6 Å². The molecule has 0 bridgehead atoms. The molecular formula is C24H17ClN2O3S. The molecule has 2 heterocycles. The Labute approximate surface area is 188 Å². The summed E-state index contributed by atoms with van der Waals surface area (Å²) >= 11 is 7.54. The maximum absolute atomic E-state index is 12.6. The van der Waals surface area contributed by atoms with Gasteiger partial charge in [-0.15, -0.1) is 11.3 Å². The highest BCUT2D eigenvalue weighted by Gasteiger charge is 2.27. The SMILES string of the molecule is O=C(Nc1ccc(-c2csc(-c3ccc(Cl)cc3)n2)cc1)C1COc2ccccc2O1. The third kappa shape index (κ3) is 4.26. The number of aromatic nitrogens is 1. The Morgan fingerprint density at radius 3 is 2.45 bits per heavy atom. The number of carbonyl (C=O) groups is 1. The summed E-state index contributed by atoms with van der Waals surface area (Å²) in [4.78, 5) is 17.3. The Balaban J connectivity index is 1.25. The Morgan fingerprint density at radius 1 is 0.968 bits per heavy atom. The number of thiazole rings is 1. The van der Waals surface area contributed by atoms with Gasteiger partial charge in [0.25, 0.3) is 5.91 Å². The summed E-state index contributed by atoms with van der Waals surface area (Å²) in [5.41, 5.74) is 3.57. The lowest BCUT2D eigenvalue weighted by atomic mass is 10.1. The molecule has 154 valence electrons. The van der Waals surface area contributed by atoms with Crippen molar-refractivity contribution in [2.24, 2.45) is 0 Å². The summed E-state index contributed by atoms with van der Waals surface area (Å²) in [7, 11) is 0. The molecule has 0 spiro atoms. The van der Waals surface area contributed by atoms with Crippen LogP contribution in [0.15, 0.2) is 78.2 Å². The molecule has 0 fully saturated rings. The zero-order valence-corrected chi connectivity index (χ0v) is 17.8. The van der Waals surface area contributed by atoms with Crippen LogP contribution in [0.5, 0.6) is 11.5 Å². The number of hydrogen-bond acceptors (Lipinski definition) is 5. The van der Waals surface area contributed by atoms with Crippen molar-refractivity contribution >= 4 is 34.5 Å². The van der Waals surface area contributed by atoms with E-state index in [1.807, 2.05) is 72.1 Å². The number of anilines is 1. The van der Waals surface area contributed by atoms with Crippen molar-refractivity contribution in [1.82, 2.24) is 4.98 Å². The smallest absolute Gasteiger partial charge is 0.269 e. The number of fused-ring (bicyclic) bond motifs is 1. The maximum atomic E-state index is 12.6. The molecule has 1 atom stereocenters. The van der Waals surface area contributed by atoms with E-state index in [0.717, 1.165) is 21.8 Å². The van der Waals surface area contributed by atoms with Crippen LogP contribution in [0.25, 0.3) is 21.8 Å². The number of ether oxygens (including phenoxy) is 2. The van der Waals surface area contributed by atoms with Crippen LogP contribution in [0.3, 0.4) is 0 Å². The Kier molecular flexibility index (Phi) is 5.32. The van der Waals surface area contributed by atoms with Gasteiger partial charge in [0, 0.05) is 27.2 Å². The van der Waals surface area contributed by atoms with E-state index in [1.165, 1.54) is 0 Å². The predicted octanol–water partition coefficient (Wildman–Crippen LogP) is 5.91. The average Bonchev–Trinajstić information content (AvgIpc) is 3.30. The molecule has 1 aliphatic heterocycles. The fourth-order valence-corrected chi connectivity index (χ4v) is 4.19. The Hall–Kier alpha value is -3.35. The zero-order valence-electron chi connectivity index (χ0n) is 16.2. The lowest BCUT2D eigenvalue weighted by Crippen LogP contribution is -2.40. The van der Waals surface area contributed by atoms with Crippen molar-refractivity contribution < 1.29 is 14.3 Å². The molecule has 1 unspecified atom stereocenters. The quantitative estimate of drug-likeness (QED) is 0.421. The van der Waals surface area contributed by atoms with E-state index in [9.17, 15) is 4.79 Å². The van der Waals surface area contributed by atoms with E-state index in [-0.39, 0.29) is 12.5 Å². The van der Waals surface area contributed by atoms with Crippen LogP contribution in [-0.2, 0) is 4.79 Å². The van der Waals surface area contributed by atoms with Gasteiger partial charge >= 0.3 is 0 Å². The second-order valence-corrected chi connectivity index (χ2v) is 8.27. The van der Waals surface area contributed by atoms with Crippen molar-refractivity contribution in [2.45, 2.75) is 6.10 Å². The highest BCUT2D eigenvalue weighted by atomic mass is 35.5. The van der Waals surface area contributed by atoms with E-state index in [4.69, 9.17) is 26.1 Å². The second kappa shape index (κ2) is 8.41. The molecule has 5 rings (SSSR count). The fourth-order valence-electron chi connectivity index (χ4n) is 3.23. The number of hydrogen-bond donors (Lipinski definition) is 1. The summed E-state index contributed by atoms with van der Waals surface area (Å²) in [6, 6.07) is 22.5. The minimum Gasteiger partial charge on any atom is -0.485 e. The highest BCUT2D eigenvalue weighted by molar-refractivity contribution is 7.13. The molecule has 7 heteroatoms. The molecule has 1 aliphatic rings. The van der Waals surface area contributed by atoms with Gasteiger partial charge < -0.3 is 14.8 Å². The fraction of sp³-hybridized carbons (Fsp3) is 0.0833. The standard InChI is InChI=1S/C24H17ClN2O3S/c25-17-9-5-16(6-10-17)24-27-19(14-31-24)15-7-11-18(12-8-15)26-23(28)22-13-29-20-3-1-2-4-21(20)30-22/h1-12,14,22H,13H2,(H,26,28). The molecule has 31 heavy (non-hydrogen) atoms. The van der Waals surface area contributed by atoms with Crippen LogP contribution in [0.2, 0.25) is 5.02 Å². The summed E-state index contributed by atoms with van der Waals surface area (Å²) in [5.74, 6) is 0.974. The molecule has 0 saturated heterocycles. The number of nitrogens with zero attached hydrogens (tertiary/aromatic N) is 1. The first-order valence-electron chi connectivity index (χ1n) is 9.67. The lowest BCUT2D eigenvalue weighted by molar-refractivity contribution is -0.125. The van der Waals surface area contributed by atoms with Crippen molar-refractivity contribution in [3.05, 3.63) is 83.2 Å². The molecule has 0 radical (unpaired) electrons. The normalized spacial score (nSPS) is 14.8. The van der Waals surface area contributed by atoms with E-state index >= 15 is 0 Å². The molecular weight excluding hydrogens is 432 g/mol. The number of rotatable bonds is 4. The summed E-state index contributed by atoms with van der Waals surface area (Å²) in [6.45, 7) is 0.174. The van der Waals surface area contributed by atoms with Crippen LogP contribution < -0.4 is 14.8 Å². The van der Waals surface area contributed by atoms with Crippen molar-refractivity contribution in [1.29, 1.82) is 0 Å². The maximum Gasteiger partial charge on any atom is 0.269 e. The number of halogens is 1. The highest BCUT2D eigenvalue weighted by Crippen LogP contribution is 2.32. The zero-order chi connectivity index (χ0) is 21.2. The second-order valence-electron chi connectivity index (χ2n) is 6.98. The first kappa shape index (κ1) is 19.6. The lowest BCUT2D eigenvalue weighted by Gasteiger charge is -2.25. The number of carbonyl (C=O) groups excluding carboxylic acids is 1. The van der Waals surface area contributed by atoms with Gasteiger partial charge in [0.2, 0.25) is 6.10 Å². The first-order chi connectivity index (χ1) is 15.2. The third-order valence-electron chi connectivity index (χ3n) is 4.84. The van der Waals surface area contributed by atoms with Gasteiger partial charge in [-0.1, -0.05) is 48.0 Å². The predicted molar refractivity (Wildman–Crippen MR) is 123 cm³/mol. The summed E-state index contributed by atoms with van der Waals surface area (Å²) < 4.78 is 11.4. The van der Waals surface area contributed by atoms with Crippen LogP contribution in [0.1, 0.15) is 0 Å². The van der Waals surface area contributed by atoms with Crippen molar-refractivity contribution in [3.63, 3.8) is 0 Å². The minimum atomic E-state index is -0.699. The Morgan fingerprint density at radius 2 is 1.68 bits per heavy atom. The molecule has 0 aliphatic carbocycles. The molecule has 1 amide bonds. The van der Waals surface area contributed by atoms with Crippen LogP contribution in [0, 0.1) is 0 Å². The van der Waals surface area contributed by atoms with Gasteiger partial charge in [-0.05, 0) is 36.4 Å². The van der Waals surface area contributed by atoms with Crippen LogP contribution >= 0.6 is 22.9 Å². The monoisotopic (exact) mass is 448 g/mol. The minimum absolute atomic E-state index is 0.174. The number of amides is 1. The number of benzene rings is 3. The van der Waals surface area contributed by atoms with E-state index in [2.05, 4.69) is 5.32 Å². The number of para-hydroxylation sites is 2. The number of nitrogens with one attached hydrogen (secondary N) is 1. The first-order valence-corrected chi connectivity index (χ1v) is 10.9. The van der Waals surface area contributed by atoms with E-state index in [1.54, 1.807) is 17.4 Å². The average molecular weight is 449 g/mol.